The maximum Gasteiger partial charge on any atom is 0.315 e. The Morgan fingerprint density at radius 3 is 3.00 bits per heavy atom. The first kappa shape index (κ1) is 15.4. The van der Waals surface area contributed by atoms with Gasteiger partial charge in [-0.1, -0.05) is 6.07 Å². The molecule has 0 fully saturated rings. The van der Waals surface area contributed by atoms with E-state index in [1.807, 2.05) is 32.0 Å². The average Bonchev–Trinajstić information content (AvgIpc) is 2.94. The summed E-state index contributed by atoms with van der Waals surface area (Å²) in [6, 6.07) is 5.38. The molecule has 116 valence electrons. The van der Waals surface area contributed by atoms with Crippen molar-refractivity contribution in [2.75, 3.05) is 26.6 Å². The van der Waals surface area contributed by atoms with Gasteiger partial charge in [-0.3, -0.25) is 0 Å². The molecular formula is C15H22N2O4. The van der Waals surface area contributed by atoms with Crippen molar-refractivity contribution in [1.29, 1.82) is 0 Å². The second kappa shape index (κ2) is 7.73. The summed E-state index contributed by atoms with van der Waals surface area (Å²) < 4.78 is 15.8. The van der Waals surface area contributed by atoms with Crippen LogP contribution in [-0.2, 0) is 4.74 Å². The summed E-state index contributed by atoms with van der Waals surface area (Å²) in [4.78, 5) is 11.8. The van der Waals surface area contributed by atoms with Gasteiger partial charge in [0.05, 0.1) is 6.04 Å². The monoisotopic (exact) mass is 294 g/mol. The van der Waals surface area contributed by atoms with E-state index in [0.29, 0.717) is 19.8 Å². The van der Waals surface area contributed by atoms with E-state index >= 15 is 0 Å². The number of hydrogen-bond acceptors (Lipinski definition) is 4. The lowest BCUT2D eigenvalue weighted by molar-refractivity contribution is 0.145. The highest BCUT2D eigenvalue weighted by Gasteiger charge is 2.16. The van der Waals surface area contributed by atoms with Gasteiger partial charge in [-0.05, 0) is 38.0 Å². The van der Waals surface area contributed by atoms with Crippen molar-refractivity contribution in [2.24, 2.45) is 0 Å². The third kappa shape index (κ3) is 4.53. The molecule has 2 amide bonds. The standard InChI is InChI=1S/C15H22N2O4/c1-3-19-8-4-7-16-15(18)17-11(2)12-5-6-13-14(9-12)21-10-20-13/h5-6,9,11H,3-4,7-8,10H2,1-2H3,(H2,16,17,18)/t11-/m1/s1. The predicted octanol–water partition coefficient (Wildman–Crippen LogP) is 2.20. The van der Waals surface area contributed by atoms with E-state index in [-0.39, 0.29) is 18.9 Å². The maximum absolute atomic E-state index is 11.8. The fourth-order valence-corrected chi connectivity index (χ4v) is 2.03. The number of ether oxygens (including phenoxy) is 3. The van der Waals surface area contributed by atoms with Crippen molar-refractivity contribution < 1.29 is 19.0 Å². The highest BCUT2D eigenvalue weighted by atomic mass is 16.7. The van der Waals surface area contributed by atoms with Gasteiger partial charge in [0.25, 0.3) is 0 Å². The molecule has 2 rings (SSSR count). The van der Waals surface area contributed by atoms with E-state index in [1.54, 1.807) is 0 Å². The zero-order valence-electron chi connectivity index (χ0n) is 12.5. The molecular weight excluding hydrogens is 272 g/mol. The highest BCUT2D eigenvalue weighted by Crippen LogP contribution is 2.34. The molecule has 2 N–H and O–H groups in total. The van der Waals surface area contributed by atoms with E-state index in [4.69, 9.17) is 14.2 Å². The molecule has 0 spiro atoms. The molecule has 0 saturated heterocycles. The van der Waals surface area contributed by atoms with Crippen molar-refractivity contribution in [2.45, 2.75) is 26.3 Å². The van der Waals surface area contributed by atoms with Gasteiger partial charge in [-0.25, -0.2) is 4.79 Å². The lowest BCUT2D eigenvalue weighted by Gasteiger charge is -2.15. The fraction of sp³-hybridized carbons (Fsp3) is 0.533. The van der Waals surface area contributed by atoms with Crippen LogP contribution in [0.25, 0.3) is 0 Å². The number of amides is 2. The van der Waals surface area contributed by atoms with Crippen LogP contribution in [0.1, 0.15) is 31.9 Å². The van der Waals surface area contributed by atoms with Crippen molar-refractivity contribution in [3.8, 4) is 11.5 Å². The number of carbonyl (C=O) groups excluding carboxylic acids is 1. The van der Waals surface area contributed by atoms with Gasteiger partial charge in [0.15, 0.2) is 11.5 Å². The first-order valence-electron chi connectivity index (χ1n) is 7.22. The minimum absolute atomic E-state index is 0.105. The van der Waals surface area contributed by atoms with Crippen LogP contribution in [0.3, 0.4) is 0 Å². The molecule has 0 aliphatic carbocycles. The molecule has 1 aliphatic rings. The van der Waals surface area contributed by atoms with E-state index in [9.17, 15) is 4.79 Å². The number of rotatable bonds is 7. The molecule has 6 nitrogen and oxygen atoms in total. The smallest absolute Gasteiger partial charge is 0.315 e. The van der Waals surface area contributed by atoms with Gasteiger partial charge in [0, 0.05) is 19.8 Å². The van der Waals surface area contributed by atoms with Crippen LogP contribution in [0.2, 0.25) is 0 Å². The van der Waals surface area contributed by atoms with Crippen LogP contribution in [-0.4, -0.2) is 32.6 Å². The predicted molar refractivity (Wildman–Crippen MR) is 78.6 cm³/mol. The summed E-state index contributed by atoms with van der Waals surface area (Å²) in [7, 11) is 0. The maximum atomic E-state index is 11.8. The summed E-state index contributed by atoms with van der Waals surface area (Å²) in [5, 5.41) is 5.70. The second-order valence-corrected chi connectivity index (χ2v) is 4.79. The molecule has 1 aromatic carbocycles. The zero-order valence-corrected chi connectivity index (χ0v) is 12.5. The topological polar surface area (TPSA) is 68.8 Å². The van der Waals surface area contributed by atoms with Crippen LogP contribution >= 0.6 is 0 Å². The van der Waals surface area contributed by atoms with E-state index < -0.39 is 0 Å². The molecule has 1 heterocycles. The van der Waals surface area contributed by atoms with Crippen LogP contribution in [0.15, 0.2) is 18.2 Å². The minimum atomic E-state index is -0.184. The molecule has 0 saturated carbocycles. The summed E-state index contributed by atoms with van der Waals surface area (Å²) in [5.74, 6) is 1.46. The molecule has 1 aliphatic heterocycles. The Labute approximate surface area is 124 Å². The Bertz CT molecular complexity index is 479. The number of carbonyl (C=O) groups is 1. The number of benzene rings is 1. The Hall–Kier alpha value is -1.95. The summed E-state index contributed by atoms with van der Waals surface area (Å²) in [6.07, 6.45) is 0.805. The largest absolute Gasteiger partial charge is 0.454 e. The Morgan fingerprint density at radius 2 is 2.19 bits per heavy atom. The van der Waals surface area contributed by atoms with Gasteiger partial charge in [-0.15, -0.1) is 0 Å². The average molecular weight is 294 g/mol. The zero-order chi connectivity index (χ0) is 15.1. The SMILES string of the molecule is CCOCCCNC(=O)N[C@H](C)c1ccc2c(c1)OCO2. The summed E-state index contributed by atoms with van der Waals surface area (Å²) in [5.41, 5.74) is 0.976. The van der Waals surface area contributed by atoms with Gasteiger partial charge in [-0.2, -0.15) is 0 Å². The van der Waals surface area contributed by atoms with Crippen molar-refractivity contribution in [3.05, 3.63) is 23.8 Å². The van der Waals surface area contributed by atoms with Crippen LogP contribution in [0, 0.1) is 0 Å². The molecule has 1 aromatic rings. The Balaban J connectivity index is 1.75. The van der Waals surface area contributed by atoms with Crippen LogP contribution in [0.5, 0.6) is 11.5 Å². The minimum Gasteiger partial charge on any atom is -0.454 e. The first-order chi connectivity index (χ1) is 10.2. The van der Waals surface area contributed by atoms with Crippen molar-refractivity contribution in [1.82, 2.24) is 10.6 Å². The third-order valence-corrected chi connectivity index (χ3v) is 3.20. The van der Waals surface area contributed by atoms with Gasteiger partial charge >= 0.3 is 6.03 Å². The first-order valence-corrected chi connectivity index (χ1v) is 7.22. The molecule has 0 unspecified atom stereocenters. The van der Waals surface area contributed by atoms with E-state index in [1.165, 1.54) is 0 Å². The molecule has 1 atom stereocenters. The van der Waals surface area contributed by atoms with Crippen LogP contribution in [0.4, 0.5) is 4.79 Å². The Kier molecular flexibility index (Phi) is 5.68. The number of nitrogens with one attached hydrogen (secondary N) is 2. The van der Waals surface area contributed by atoms with E-state index in [0.717, 1.165) is 23.5 Å². The van der Waals surface area contributed by atoms with E-state index in [2.05, 4.69) is 10.6 Å². The Morgan fingerprint density at radius 1 is 1.38 bits per heavy atom. The molecule has 0 aromatic heterocycles. The molecule has 0 radical (unpaired) electrons. The molecule has 6 heteroatoms. The number of fused-ring (bicyclic) bond motifs is 1. The third-order valence-electron chi connectivity index (χ3n) is 3.20. The van der Waals surface area contributed by atoms with Gasteiger partial charge < -0.3 is 24.8 Å². The van der Waals surface area contributed by atoms with Gasteiger partial charge in [0.1, 0.15) is 0 Å². The second-order valence-electron chi connectivity index (χ2n) is 4.79. The van der Waals surface area contributed by atoms with Crippen LogP contribution < -0.4 is 20.1 Å². The summed E-state index contributed by atoms with van der Waals surface area (Å²) in [6.45, 7) is 6.09. The summed E-state index contributed by atoms with van der Waals surface area (Å²) >= 11 is 0. The van der Waals surface area contributed by atoms with Crippen molar-refractivity contribution >= 4 is 6.03 Å². The quantitative estimate of drug-likeness (QED) is 0.756. The van der Waals surface area contributed by atoms with Gasteiger partial charge in [0.2, 0.25) is 6.79 Å². The number of urea groups is 1. The molecule has 21 heavy (non-hydrogen) atoms. The highest BCUT2D eigenvalue weighted by molar-refractivity contribution is 5.74. The molecule has 0 bridgehead atoms. The lowest BCUT2D eigenvalue weighted by atomic mass is 10.1. The van der Waals surface area contributed by atoms with Crippen molar-refractivity contribution in [3.63, 3.8) is 0 Å². The number of hydrogen-bond donors (Lipinski definition) is 2. The fourth-order valence-electron chi connectivity index (χ4n) is 2.03. The lowest BCUT2D eigenvalue weighted by Crippen LogP contribution is -2.37. The normalized spacial score (nSPS) is 13.8.